The van der Waals surface area contributed by atoms with Crippen LogP contribution in [-0.4, -0.2) is 25.1 Å². The quantitative estimate of drug-likeness (QED) is 0.483. The molecule has 1 N–H and O–H groups in total. The molecule has 0 saturated carbocycles. The molecule has 32 heavy (non-hydrogen) atoms. The number of carbonyl (C=O) groups excluding carboxylic acids is 1. The number of rotatable bonds is 6. The molecular weight excluding hydrogens is 404 g/mol. The average molecular weight is 428 g/mol. The lowest BCUT2D eigenvalue weighted by Gasteiger charge is -2.25. The molecule has 0 fully saturated rings. The van der Waals surface area contributed by atoms with Crippen molar-refractivity contribution < 1.29 is 14.3 Å². The lowest BCUT2D eigenvalue weighted by Crippen LogP contribution is -2.33. The molecule has 4 rings (SSSR count). The lowest BCUT2D eigenvalue weighted by atomic mass is 10.1. The number of aromatic nitrogens is 1. The second kappa shape index (κ2) is 8.98. The zero-order chi connectivity index (χ0) is 22.7. The number of hydrogen-bond acceptors (Lipinski definition) is 4. The SMILES string of the molecule is COc1cccc(C(=O)N(Cc2cc3cccc(C)c3[nH]c2=O)c2ccccc2OC)c1. The predicted molar refractivity (Wildman–Crippen MR) is 126 cm³/mol. The van der Waals surface area contributed by atoms with E-state index in [2.05, 4.69) is 4.98 Å². The van der Waals surface area contributed by atoms with Gasteiger partial charge in [-0.3, -0.25) is 9.59 Å². The molecule has 1 heterocycles. The Balaban J connectivity index is 1.83. The summed E-state index contributed by atoms with van der Waals surface area (Å²) in [4.78, 5) is 31.1. The van der Waals surface area contributed by atoms with Crippen LogP contribution in [0.2, 0.25) is 0 Å². The number of nitrogens with one attached hydrogen (secondary N) is 1. The molecule has 0 bridgehead atoms. The Morgan fingerprint density at radius 3 is 2.50 bits per heavy atom. The predicted octanol–water partition coefficient (Wildman–Crippen LogP) is 4.70. The topological polar surface area (TPSA) is 71.6 Å². The van der Waals surface area contributed by atoms with Crippen molar-refractivity contribution in [3.63, 3.8) is 0 Å². The third-order valence-corrected chi connectivity index (χ3v) is 5.43. The molecule has 1 amide bonds. The molecule has 0 atom stereocenters. The summed E-state index contributed by atoms with van der Waals surface area (Å²) in [7, 11) is 3.11. The summed E-state index contributed by atoms with van der Waals surface area (Å²) < 4.78 is 10.8. The van der Waals surface area contributed by atoms with Gasteiger partial charge >= 0.3 is 0 Å². The number of para-hydroxylation sites is 3. The lowest BCUT2D eigenvalue weighted by molar-refractivity contribution is 0.0984. The van der Waals surface area contributed by atoms with Gasteiger partial charge in [0, 0.05) is 11.1 Å². The van der Waals surface area contributed by atoms with E-state index in [0.29, 0.717) is 28.3 Å². The van der Waals surface area contributed by atoms with Crippen LogP contribution in [0.5, 0.6) is 11.5 Å². The van der Waals surface area contributed by atoms with Crippen LogP contribution < -0.4 is 19.9 Å². The molecule has 0 aliphatic carbocycles. The zero-order valence-electron chi connectivity index (χ0n) is 18.2. The number of aryl methyl sites for hydroxylation is 1. The highest BCUT2D eigenvalue weighted by Crippen LogP contribution is 2.31. The van der Waals surface area contributed by atoms with Crippen LogP contribution in [0.4, 0.5) is 5.69 Å². The number of nitrogens with zero attached hydrogens (tertiary/aromatic N) is 1. The van der Waals surface area contributed by atoms with Gasteiger partial charge in [0.25, 0.3) is 11.5 Å². The number of pyridine rings is 1. The normalized spacial score (nSPS) is 10.7. The van der Waals surface area contributed by atoms with Gasteiger partial charge in [0.1, 0.15) is 11.5 Å². The second-order valence-electron chi connectivity index (χ2n) is 7.46. The molecule has 3 aromatic carbocycles. The molecule has 4 aromatic rings. The van der Waals surface area contributed by atoms with Crippen LogP contribution in [0.25, 0.3) is 10.9 Å². The van der Waals surface area contributed by atoms with E-state index in [1.165, 1.54) is 0 Å². The van der Waals surface area contributed by atoms with E-state index < -0.39 is 0 Å². The largest absolute Gasteiger partial charge is 0.497 e. The number of anilines is 1. The fourth-order valence-electron chi connectivity index (χ4n) is 3.75. The number of aromatic amines is 1. The van der Waals surface area contributed by atoms with Crippen LogP contribution in [0.3, 0.4) is 0 Å². The second-order valence-corrected chi connectivity index (χ2v) is 7.46. The van der Waals surface area contributed by atoms with Crippen molar-refractivity contribution in [2.75, 3.05) is 19.1 Å². The number of hydrogen-bond donors (Lipinski definition) is 1. The van der Waals surface area contributed by atoms with Crippen LogP contribution in [-0.2, 0) is 6.54 Å². The Morgan fingerprint density at radius 2 is 1.72 bits per heavy atom. The van der Waals surface area contributed by atoms with Crippen LogP contribution in [0.1, 0.15) is 21.5 Å². The Kier molecular flexibility index (Phi) is 5.94. The first-order valence-electron chi connectivity index (χ1n) is 10.2. The van der Waals surface area contributed by atoms with E-state index in [1.807, 2.05) is 43.3 Å². The van der Waals surface area contributed by atoms with Crippen LogP contribution in [0.15, 0.2) is 77.6 Å². The summed E-state index contributed by atoms with van der Waals surface area (Å²) in [5.74, 6) is 0.851. The number of benzene rings is 3. The fourth-order valence-corrected chi connectivity index (χ4v) is 3.75. The molecule has 162 valence electrons. The monoisotopic (exact) mass is 428 g/mol. The van der Waals surface area contributed by atoms with Gasteiger partial charge < -0.3 is 19.4 Å². The minimum atomic E-state index is -0.267. The smallest absolute Gasteiger partial charge is 0.258 e. The maximum atomic E-state index is 13.6. The van der Waals surface area contributed by atoms with Crippen LogP contribution >= 0.6 is 0 Å². The first kappa shape index (κ1) is 21.2. The molecule has 0 radical (unpaired) electrons. The summed E-state index contributed by atoms with van der Waals surface area (Å²) >= 11 is 0. The standard InChI is InChI=1S/C26H24N2O4/c1-17-8-6-9-18-14-20(25(29)27-24(17)18)16-28(22-12-4-5-13-23(22)32-3)26(30)19-10-7-11-21(15-19)31-2/h4-15H,16H2,1-3H3,(H,27,29). The molecule has 0 unspecified atom stereocenters. The van der Waals surface area contributed by atoms with E-state index in [0.717, 1.165) is 16.5 Å². The number of H-pyrrole nitrogens is 1. The summed E-state index contributed by atoms with van der Waals surface area (Å²) in [5.41, 5.74) is 3.05. The van der Waals surface area contributed by atoms with Crippen molar-refractivity contribution in [1.29, 1.82) is 0 Å². The molecular formula is C26H24N2O4. The molecule has 0 aliphatic heterocycles. The Bertz CT molecular complexity index is 1340. The van der Waals surface area contributed by atoms with E-state index in [1.54, 1.807) is 55.5 Å². The van der Waals surface area contributed by atoms with Crippen molar-refractivity contribution in [2.45, 2.75) is 13.5 Å². The number of methoxy groups -OCH3 is 2. The summed E-state index contributed by atoms with van der Waals surface area (Å²) in [6, 6.07) is 21.9. The molecule has 0 spiro atoms. The maximum absolute atomic E-state index is 13.6. The number of fused-ring (bicyclic) bond motifs is 1. The van der Waals surface area contributed by atoms with Crippen molar-refractivity contribution in [1.82, 2.24) is 4.98 Å². The molecule has 0 saturated heterocycles. The summed E-state index contributed by atoms with van der Waals surface area (Å²) in [6.07, 6.45) is 0. The van der Waals surface area contributed by atoms with E-state index in [9.17, 15) is 9.59 Å². The summed E-state index contributed by atoms with van der Waals surface area (Å²) in [6.45, 7) is 2.03. The average Bonchev–Trinajstić information content (AvgIpc) is 2.83. The van der Waals surface area contributed by atoms with Gasteiger partial charge in [-0.25, -0.2) is 0 Å². The highest BCUT2D eigenvalue weighted by molar-refractivity contribution is 6.07. The Labute approximate surface area is 186 Å². The number of amides is 1. The highest BCUT2D eigenvalue weighted by atomic mass is 16.5. The van der Waals surface area contributed by atoms with Gasteiger partial charge in [0.05, 0.1) is 32.0 Å². The van der Waals surface area contributed by atoms with Gasteiger partial charge in [0.2, 0.25) is 0 Å². The maximum Gasteiger partial charge on any atom is 0.258 e. The van der Waals surface area contributed by atoms with Crippen molar-refractivity contribution in [2.24, 2.45) is 0 Å². The highest BCUT2D eigenvalue weighted by Gasteiger charge is 2.23. The fraction of sp³-hybridized carbons (Fsp3) is 0.154. The third kappa shape index (κ3) is 4.07. The summed E-state index contributed by atoms with van der Waals surface area (Å²) in [5, 5.41) is 0.911. The van der Waals surface area contributed by atoms with Crippen molar-refractivity contribution in [3.05, 3.63) is 99.8 Å². The van der Waals surface area contributed by atoms with Gasteiger partial charge in [0.15, 0.2) is 0 Å². The number of carbonyl (C=O) groups is 1. The minimum absolute atomic E-state index is 0.0790. The van der Waals surface area contributed by atoms with Gasteiger partial charge in [-0.2, -0.15) is 0 Å². The van der Waals surface area contributed by atoms with Gasteiger partial charge in [-0.1, -0.05) is 36.4 Å². The van der Waals surface area contributed by atoms with Crippen molar-refractivity contribution >= 4 is 22.5 Å². The number of ether oxygens (including phenoxy) is 2. The van der Waals surface area contributed by atoms with Gasteiger partial charge in [-0.15, -0.1) is 0 Å². The van der Waals surface area contributed by atoms with E-state index in [-0.39, 0.29) is 18.0 Å². The molecule has 0 aliphatic rings. The minimum Gasteiger partial charge on any atom is -0.497 e. The zero-order valence-corrected chi connectivity index (χ0v) is 18.2. The molecule has 6 heteroatoms. The third-order valence-electron chi connectivity index (χ3n) is 5.43. The van der Waals surface area contributed by atoms with E-state index >= 15 is 0 Å². The van der Waals surface area contributed by atoms with Crippen LogP contribution in [0, 0.1) is 6.92 Å². The van der Waals surface area contributed by atoms with Gasteiger partial charge in [-0.05, 0) is 54.3 Å². The first-order valence-corrected chi connectivity index (χ1v) is 10.2. The first-order chi connectivity index (χ1) is 15.5. The molecule has 1 aromatic heterocycles. The Hall–Kier alpha value is -4.06. The molecule has 6 nitrogen and oxygen atoms in total. The Morgan fingerprint density at radius 1 is 0.938 bits per heavy atom. The van der Waals surface area contributed by atoms with Crippen molar-refractivity contribution in [3.8, 4) is 11.5 Å². The van der Waals surface area contributed by atoms with E-state index in [4.69, 9.17) is 9.47 Å².